The smallest absolute Gasteiger partial charge is 0.201 e. The second-order valence-corrected chi connectivity index (χ2v) is 11.3. The first-order chi connectivity index (χ1) is 17.5. The van der Waals surface area contributed by atoms with Gasteiger partial charge in [-0.1, -0.05) is 69.5 Å². The maximum Gasteiger partial charge on any atom is 0.201 e. The third kappa shape index (κ3) is 7.20. The Balaban J connectivity index is 1.22. The van der Waals surface area contributed by atoms with Gasteiger partial charge < -0.3 is 4.74 Å². The predicted octanol–water partition coefficient (Wildman–Crippen LogP) is 9.93. The molecular formula is C33H44F2O. The average molecular weight is 495 g/mol. The number of aryl methyl sites for hydroxylation is 1. The van der Waals surface area contributed by atoms with Crippen molar-refractivity contribution < 1.29 is 13.5 Å². The number of unbranched alkanes of at least 4 members (excludes halogenated alkanes) is 1. The Morgan fingerprint density at radius 3 is 2.17 bits per heavy atom. The van der Waals surface area contributed by atoms with E-state index in [-0.39, 0.29) is 11.3 Å². The molecule has 4 rings (SSSR count). The van der Waals surface area contributed by atoms with Gasteiger partial charge in [-0.2, -0.15) is 4.39 Å². The van der Waals surface area contributed by atoms with Gasteiger partial charge in [0.15, 0.2) is 11.6 Å². The van der Waals surface area contributed by atoms with Crippen molar-refractivity contribution in [1.82, 2.24) is 0 Å². The lowest BCUT2D eigenvalue weighted by Crippen LogP contribution is -2.24. The summed E-state index contributed by atoms with van der Waals surface area (Å²) < 4.78 is 34.5. The van der Waals surface area contributed by atoms with Crippen LogP contribution in [0.1, 0.15) is 90.0 Å². The number of hydrogen-bond donors (Lipinski definition) is 0. The third-order valence-corrected chi connectivity index (χ3v) is 8.62. The SMILES string of the molecule is CCCCOc1ccc(-c2ccc(CC/C=C/C3CCC(C4CCC(C)CC4)CC3)cc2)c(F)c1F. The molecule has 1 nitrogen and oxygen atoms in total. The molecule has 0 unspecified atom stereocenters. The highest BCUT2D eigenvalue weighted by molar-refractivity contribution is 5.65. The summed E-state index contributed by atoms with van der Waals surface area (Å²) in [6.45, 7) is 4.85. The molecule has 0 spiro atoms. The number of ether oxygens (including phenoxy) is 1. The summed E-state index contributed by atoms with van der Waals surface area (Å²) in [5.41, 5.74) is 2.19. The molecule has 3 heteroatoms. The molecule has 2 aliphatic rings. The fraction of sp³-hybridized carbons (Fsp3) is 0.576. The zero-order valence-corrected chi connectivity index (χ0v) is 22.3. The third-order valence-electron chi connectivity index (χ3n) is 8.62. The van der Waals surface area contributed by atoms with Crippen molar-refractivity contribution >= 4 is 0 Å². The molecule has 2 aromatic carbocycles. The van der Waals surface area contributed by atoms with Crippen molar-refractivity contribution in [2.75, 3.05) is 6.61 Å². The Morgan fingerprint density at radius 1 is 0.833 bits per heavy atom. The average Bonchev–Trinajstić information content (AvgIpc) is 2.91. The van der Waals surface area contributed by atoms with Crippen molar-refractivity contribution in [2.24, 2.45) is 23.7 Å². The second-order valence-electron chi connectivity index (χ2n) is 11.3. The zero-order chi connectivity index (χ0) is 25.3. The summed E-state index contributed by atoms with van der Waals surface area (Å²) >= 11 is 0. The molecule has 0 bridgehead atoms. The Morgan fingerprint density at radius 2 is 1.50 bits per heavy atom. The van der Waals surface area contributed by atoms with Crippen LogP contribution in [-0.4, -0.2) is 6.61 Å². The van der Waals surface area contributed by atoms with Crippen molar-refractivity contribution in [2.45, 2.75) is 90.9 Å². The molecular weight excluding hydrogens is 450 g/mol. The molecule has 0 atom stereocenters. The number of benzene rings is 2. The molecule has 0 aliphatic heterocycles. The Bertz CT molecular complexity index is 964. The molecule has 0 saturated heterocycles. The van der Waals surface area contributed by atoms with Gasteiger partial charge in [0, 0.05) is 5.56 Å². The van der Waals surface area contributed by atoms with E-state index in [0.717, 1.165) is 49.4 Å². The monoisotopic (exact) mass is 494 g/mol. The second kappa shape index (κ2) is 13.4. The number of halogens is 2. The molecule has 2 saturated carbocycles. The highest BCUT2D eigenvalue weighted by Crippen LogP contribution is 2.41. The molecule has 0 heterocycles. The van der Waals surface area contributed by atoms with E-state index < -0.39 is 11.6 Å². The van der Waals surface area contributed by atoms with Crippen molar-refractivity contribution in [3.8, 4) is 16.9 Å². The molecule has 196 valence electrons. The lowest BCUT2D eigenvalue weighted by Gasteiger charge is -2.36. The van der Waals surface area contributed by atoms with Gasteiger partial charge in [-0.05, 0) is 105 Å². The van der Waals surface area contributed by atoms with Crippen LogP contribution in [0.4, 0.5) is 8.78 Å². The van der Waals surface area contributed by atoms with Crippen LogP contribution in [0, 0.1) is 35.3 Å². The van der Waals surface area contributed by atoms with Crippen molar-refractivity contribution in [3.05, 3.63) is 65.7 Å². The molecule has 36 heavy (non-hydrogen) atoms. The highest BCUT2D eigenvalue weighted by Gasteiger charge is 2.29. The molecule has 0 amide bonds. The number of hydrogen-bond acceptors (Lipinski definition) is 1. The summed E-state index contributed by atoms with van der Waals surface area (Å²) in [6, 6.07) is 11.0. The minimum absolute atomic E-state index is 0.00906. The van der Waals surface area contributed by atoms with Crippen LogP contribution >= 0.6 is 0 Å². The van der Waals surface area contributed by atoms with E-state index in [1.807, 2.05) is 31.2 Å². The molecule has 2 aromatic rings. The van der Waals surface area contributed by atoms with E-state index in [1.165, 1.54) is 63.0 Å². The zero-order valence-electron chi connectivity index (χ0n) is 22.3. The fourth-order valence-electron chi connectivity index (χ4n) is 6.15. The summed E-state index contributed by atoms with van der Waals surface area (Å²) in [4.78, 5) is 0. The van der Waals surface area contributed by atoms with Crippen molar-refractivity contribution in [1.29, 1.82) is 0 Å². The maximum absolute atomic E-state index is 14.7. The van der Waals surface area contributed by atoms with Crippen LogP contribution in [0.25, 0.3) is 11.1 Å². The first kappa shape index (κ1) is 26.9. The first-order valence-corrected chi connectivity index (χ1v) is 14.4. The van der Waals surface area contributed by atoms with Gasteiger partial charge in [-0.25, -0.2) is 4.39 Å². The molecule has 0 N–H and O–H groups in total. The summed E-state index contributed by atoms with van der Waals surface area (Å²) in [5.74, 6) is 1.92. The predicted molar refractivity (Wildman–Crippen MR) is 146 cm³/mol. The number of allylic oxidation sites excluding steroid dienone is 2. The Kier molecular flexibility index (Phi) is 10.0. The van der Waals surface area contributed by atoms with Gasteiger partial charge in [-0.15, -0.1) is 0 Å². The van der Waals surface area contributed by atoms with Crippen LogP contribution in [0.15, 0.2) is 48.6 Å². The van der Waals surface area contributed by atoms with Gasteiger partial charge in [0.05, 0.1) is 6.61 Å². The number of rotatable bonds is 10. The molecule has 0 radical (unpaired) electrons. The van der Waals surface area contributed by atoms with E-state index in [1.54, 1.807) is 6.07 Å². The Labute approximate surface area is 217 Å². The van der Waals surface area contributed by atoms with Gasteiger partial charge >= 0.3 is 0 Å². The van der Waals surface area contributed by atoms with E-state index in [9.17, 15) is 8.78 Å². The van der Waals surface area contributed by atoms with Gasteiger partial charge in [0.2, 0.25) is 5.82 Å². The highest BCUT2D eigenvalue weighted by atomic mass is 19.2. The van der Waals surface area contributed by atoms with E-state index in [0.29, 0.717) is 12.2 Å². The summed E-state index contributed by atoms with van der Waals surface area (Å²) in [5, 5.41) is 0. The van der Waals surface area contributed by atoms with Crippen LogP contribution in [-0.2, 0) is 6.42 Å². The van der Waals surface area contributed by atoms with Gasteiger partial charge in [0.1, 0.15) is 0 Å². The molecule has 0 aromatic heterocycles. The van der Waals surface area contributed by atoms with E-state index in [4.69, 9.17) is 4.74 Å². The lowest BCUT2D eigenvalue weighted by molar-refractivity contribution is 0.160. The summed E-state index contributed by atoms with van der Waals surface area (Å²) in [7, 11) is 0. The fourth-order valence-corrected chi connectivity index (χ4v) is 6.15. The van der Waals surface area contributed by atoms with Gasteiger partial charge in [-0.3, -0.25) is 0 Å². The quantitative estimate of drug-likeness (QED) is 0.236. The minimum Gasteiger partial charge on any atom is -0.490 e. The largest absolute Gasteiger partial charge is 0.490 e. The van der Waals surface area contributed by atoms with Crippen LogP contribution in [0.2, 0.25) is 0 Å². The lowest BCUT2D eigenvalue weighted by atomic mass is 9.69. The topological polar surface area (TPSA) is 9.23 Å². The first-order valence-electron chi connectivity index (χ1n) is 14.4. The van der Waals surface area contributed by atoms with E-state index in [2.05, 4.69) is 19.1 Å². The molecule has 2 fully saturated rings. The maximum atomic E-state index is 14.7. The van der Waals surface area contributed by atoms with Crippen LogP contribution < -0.4 is 4.74 Å². The summed E-state index contributed by atoms with van der Waals surface area (Å²) in [6.07, 6.45) is 19.9. The van der Waals surface area contributed by atoms with Crippen LogP contribution in [0.3, 0.4) is 0 Å². The normalized spacial score (nSPS) is 24.8. The standard InChI is InChI=1S/C33H44F2O/c1-3-4-23-36-31-22-21-30(32(34)33(31)35)29-19-13-26(14-20-29)8-6-5-7-25-11-17-28(18-12-25)27-15-9-24(2)10-16-27/h5,7,13-14,19-22,24-25,27-28H,3-4,6,8-12,15-18,23H2,1-2H3/b7-5+. The molecule has 2 aliphatic carbocycles. The Hall–Kier alpha value is -2.16. The van der Waals surface area contributed by atoms with Gasteiger partial charge in [0.25, 0.3) is 0 Å². The van der Waals surface area contributed by atoms with Crippen LogP contribution in [0.5, 0.6) is 5.75 Å². The van der Waals surface area contributed by atoms with E-state index >= 15 is 0 Å². The van der Waals surface area contributed by atoms with Crippen molar-refractivity contribution in [3.63, 3.8) is 0 Å². The minimum atomic E-state index is -0.903.